The van der Waals surface area contributed by atoms with Gasteiger partial charge >= 0.3 is 5.97 Å². The molecular formula is C25H27N3O5. The van der Waals surface area contributed by atoms with Crippen molar-refractivity contribution in [2.24, 2.45) is 11.8 Å². The van der Waals surface area contributed by atoms with E-state index in [1.54, 1.807) is 29.1 Å². The summed E-state index contributed by atoms with van der Waals surface area (Å²) in [6.07, 6.45) is 4.61. The van der Waals surface area contributed by atoms with E-state index in [0.717, 1.165) is 18.4 Å². The Morgan fingerprint density at radius 3 is 2.45 bits per heavy atom. The molecule has 172 valence electrons. The lowest BCUT2D eigenvalue weighted by atomic mass is 9.81. The van der Waals surface area contributed by atoms with Crippen molar-refractivity contribution in [2.45, 2.75) is 44.7 Å². The third kappa shape index (κ3) is 5.39. The lowest BCUT2D eigenvalue weighted by molar-refractivity contribution is -0.142. The van der Waals surface area contributed by atoms with Crippen molar-refractivity contribution in [3.8, 4) is 5.75 Å². The van der Waals surface area contributed by atoms with Crippen molar-refractivity contribution in [3.05, 3.63) is 70.8 Å². The summed E-state index contributed by atoms with van der Waals surface area (Å²) in [5, 5.41) is 22.2. The minimum Gasteiger partial charge on any atom is -0.508 e. The fourth-order valence-electron chi connectivity index (χ4n) is 4.48. The molecule has 3 aromatic rings. The zero-order valence-corrected chi connectivity index (χ0v) is 18.2. The molecule has 0 bridgehead atoms. The zero-order chi connectivity index (χ0) is 23.4. The number of carbonyl (C=O) groups is 2. The first kappa shape index (κ1) is 22.5. The Morgan fingerprint density at radius 1 is 1.06 bits per heavy atom. The average Bonchev–Trinajstić information content (AvgIpc) is 2.82. The molecule has 0 spiro atoms. The van der Waals surface area contributed by atoms with E-state index in [2.05, 4.69) is 10.3 Å². The highest BCUT2D eigenvalue weighted by Crippen LogP contribution is 2.30. The summed E-state index contributed by atoms with van der Waals surface area (Å²) >= 11 is 0. The number of amides is 1. The molecule has 4 rings (SSSR count). The lowest BCUT2D eigenvalue weighted by Gasteiger charge is -2.29. The molecule has 1 aromatic heterocycles. The van der Waals surface area contributed by atoms with Gasteiger partial charge in [-0.15, -0.1) is 0 Å². The van der Waals surface area contributed by atoms with Gasteiger partial charge in [0.2, 0.25) is 5.91 Å². The summed E-state index contributed by atoms with van der Waals surface area (Å²) in [6.45, 7) is 0.559. The van der Waals surface area contributed by atoms with E-state index in [1.165, 1.54) is 12.1 Å². The summed E-state index contributed by atoms with van der Waals surface area (Å²) < 4.78 is 1.64. The Balaban J connectivity index is 1.32. The molecule has 1 aliphatic carbocycles. The number of rotatable bonds is 7. The van der Waals surface area contributed by atoms with Crippen molar-refractivity contribution in [3.63, 3.8) is 0 Å². The molecule has 3 N–H and O–H groups in total. The summed E-state index contributed by atoms with van der Waals surface area (Å²) in [7, 11) is 0. The van der Waals surface area contributed by atoms with Crippen LogP contribution in [0, 0.1) is 11.8 Å². The lowest BCUT2D eigenvalue weighted by Crippen LogP contribution is -2.45. The van der Waals surface area contributed by atoms with Crippen LogP contribution < -0.4 is 10.9 Å². The Morgan fingerprint density at radius 2 is 1.76 bits per heavy atom. The van der Waals surface area contributed by atoms with Gasteiger partial charge in [0.05, 0.1) is 17.2 Å². The predicted molar refractivity (Wildman–Crippen MR) is 123 cm³/mol. The second kappa shape index (κ2) is 9.85. The standard InChI is InChI=1S/C25H27N3O5/c29-19-11-7-16(8-12-19)13-22(25(32)33)27-23(30)18-9-5-17(6-10-18)14-28-15-26-21-4-2-1-3-20(21)24(28)31/h1-4,7-8,11-12,15,17-18,22,29H,5-6,9-10,13-14H2,(H,27,30)(H,32,33)/t17?,18?,22-/m0/s1. The maximum atomic E-state index is 12.7. The van der Waals surface area contributed by atoms with E-state index in [1.807, 2.05) is 18.2 Å². The zero-order valence-electron chi connectivity index (χ0n) is 18.2. The minimum absolute atomic E-state index is 0.0565. The number of carboxylic acids is 1. The largest absolute Gasteiger partial charge is 0.508 e. The van der Waals surface area contributed by atoms with Crippen molar-refractivity contribution in [2.75, 3.05) is 0 Å². The summed E-state index contributed by atoms with van der Waals surface area (Å²) in [5.41, 5.74) is 1.34. The molecule has 1 saturated carbocycles. The maximum absolute atomic E-state index is 12.7. The molecule has 2 aromatic carbocycles. The quantitative estimate of drug-likeness (QED) is 0.510. The number of carbonyl (C=O) groups excluding carboxylic acids is 1. The average molecular weight is 450 g/mol. The molecule has 1 atom stereocenters. The van der Waals surface area contributed by atoms with Crippen LogP contribution in [0.5, 0.6) is 5.75 Å². The highest BCUT2D eigenvalue weighted by molar-refractivity contribution is 5.85. The van der Waals surface area contributed by atoms with Gasteiger partial charge in [0.1, 0.15) is 11.8 Å². The smallest absolute Gasteiger partial charge is 0.326 e. The van der Waals surface area contributed by atoms with Gasteiger partial charge in [-0.3, -0.25) is 14.2 Å². The van der Waals surface area contributed by atoms with Gasteiger partial charge in [-0.25, -0.2) is 9.78 Å². The number of aromatic hydroxyl groups is 1. The first-order valence-corrected chi connectivity index (χ1v) is 11.2. The molecule has 1 amide bonds. The summed E-state index contributed by atoms with van der Waals surface area (Å²) in [4.78, 5) is 41.5. The molecule has 1 fully saturated rings. The molecule has 0 saturated heterocycles. The van der Waals surface area contributed by atoms with Gasteiger partial charge in [-0.05, 0) is 61.4 Å². The number of phenolic OH excluding ortho intramolecular Hbond substituents is 1. The third-order valence-electron chi connectivity index (χ3n) is 6.39. The Kier molecular flexibility index (Phi) is 6.72. The van der Waals surface area contributed by atoms with E-state index in [0.29, 0.717) is 30.3 Å². The molecule has 0 unspecified atom stereocenters. The van der Waals surface area contributed by atoms with Gasteiger partial charge < -0.3 is 15.5 Å². The second-order valence-corrected chi connectivity index (χ2v) is 8.71. The van der Waals surface area contributed by atoms with Gasteiger partial charge in [0.25, 0.3) is 5.56 Å². The number of benzene rings is 2. The van der Waals surface area contributed by atoms with Crippen LogP contribution in [-0.4, -0.2) is 37.7 Å². The van der Waals surface area contributed by atoms with Crippen LogP contribution in [0.3, 0.4) is 0 Å². The normalized spacial score (nSPS) is 19.2. The minimum atomic E-state index is -1.09. The first-order chi connectivity index (χ1) is 15.9. The topological polar surface area (TPSA) is 122 Å². The number of hydrogen-bond acceptors (Lipinski definition) is 5. The summed E-state index contributed by atoms with van der Waals surface area (Å²) in [5.74, 6) is -1.21. The van der Waals surface area contributed by atoms with Crippen LogP contribution in [0.15, 0.2) is 59.7 Å². The molecule has 0 radical (unpaired) electrons. The fraction of sp³-hybridized carbons (Fsp3) is 0.360. The molecule has 8 nitrogen and oxygen atoms in total. The Labute approximate surface area is 190 Å². The van der Waals surface area contributed by atoms with Crippen molar-refractivity contribution < 1.29 is 19.8 Å². The van der Waals surface area contributed by atoms with E-state index >= 15 is 0 Å². The van der Waals surface area contributed by atoms with Crippen LogP contribution in [0.1, 0.15) is 31.2 Å². The first-order valence-electron chi connectivity index (χ1n) is 11.2. The van der Waals surface area contributed by atoms with E-state index in [-0.39, 0.29) is 35.5 Å². The molecular weight excluding hydrogens is 422 g/mol. The van der Waals surface area contributed by atoms with Crippen molar-refractivity contribution >= 4 is 22.8 Å². The highest BCUT2D eigenvalue weighted by Gasteiger charge is 2.29. The van der Waals surface area contributed by atoms with Gasteiger partial charge in [0, 0.05) is 18.9 Å². The summed E-state index contributed by atoms with van der Waals surface area (Å²) in [6, 6.07) is 12.5. The molecule has 1 aliphatic rings. The van der Waals surface area contributed by atoms with Crippen molar-refractivity contribution in [1.82, 2.24) is 14.9 Å². The molecule has 8 heteroatoms. The van der Waals surface area contributed by atoms with E-state index in [9.17, 15) is 24.6 Å². The maximum Gasteiger partial charge on any atom is 0.326 e. The number of aromatic nitrogens is 2. The number of para-hydroxylation sites is 1. The predicted octanol–water partition coefficient (Wildman–Crippen LogP) is 2.72. The Hall–Kier alpha value is -3.68. The highest BCUT2D eigenvalue weighted by atomic mass is 16.4. The van der Waals surface area contributed by atoms with Gasteiger partial charge in [-0.1, -0.05) is 24.3 Å². The van der Waals surface area contributed by atoms with Crippen LogP contribution in [0.2, 0.25) is 0 Å². The number of carboxylic acid groups (broad SMARTS) is 1. The Bertz CT molecular complexity index is 1200. The fourth-order valence-corrected chi connectivity index (χ4v) is 4.48. The van der Waals surface area contributed by atoms with Crippen LogP contribution in [0.25, 0.3) is 10.9 Å². The van der Waals surface area contributed by atoms with Gasteiger partial charge in [0.15, 0.2) is 0 Å². The third-order valence-corrected chi connectivity index (χ3v) is 6.39. The number of nitrogens with zero attached hydrogens (tertiary/aromatic N) is 2. The van der Waals surface area contributed by atoms with Crippen LogP contribution >= 0.6 is 0 Å². The number of nitrogens with one attached hydrogen (secondary N) is 1. The van der Waals surface area contributed by atoms with E-state index < -0.39 is 12.0 Å². The van der Waals surface area contributed by atoms with Crippen LogP contribution in [0.4, 0.5) is 0 Å². The number of hydrogen-bond donors (Lipinski definition) is 3. The van der Waals surface area contributed by atoms with Gasteiger partial charge in [-0.2, -0.15) is 0 Å². The SMILES string of the molecule is O=C(N[C@@H](Cc1ccc(O)cc1)C(=O)O)C1CCC(Cn2cnc3ccccc3c2=O)CC1. The monoisotopic (exact) mass is 449 g/mol. The molecule has 0 aliphatic heterocycles. The van der Waals surface area contributed by atoms with E-state index in [4.69, 9.17) is 0 Å². The molecule has 1 heterocycles. The number of phenols is 1. The van der Waals surface area contributed by atoms with Crippen LogP contribution in [-0.2, 0) is 22.6 Å². The second-order valence-electron chi connectivity index (χ2n) is 8.71. The molecule has 33 heavy (non-hydrogen) atoms. The van der Waals surface area contributed by atoms with Crippen molar-refractivity contribution in [1.29, 1.82) is 0 Å². The number of fused-ring (bicyclic) bond motifs is 1. The number of aliphatic carboxylic acids is 1.